The largest absolute Gasteiger partial charge is 0.497 e. The highest BCUT2D eigenvalue weighted by Gasteiger charge is 2.35. The smallest absolute Gasteiger partial charge is 0.229 e. The van der Waals surface area contributed by atoms with Crippen LogP contribution in [0.1, 0.15) is 6.42 Å². The van der Waals surface area contributed by atoms with Crippen LogP contribution in [-0.2, 0) is 9.59 Å². The van der Waals surface area contributed by atoms with Crippen molar-refractivity contribution in [1.82, 2.24) is 9.97 Å². The minimum atomic E-state index is -0.403. The van der Waals surface area contributed by atoms with Crippen LogP contribution in [0, 0.1) is 5.92 Å². The molecule has 1 unspecified atom stereocenters. The highest BCUT2D eigenvalue weighted by molar-refractivity contribution is 6.03. The number of aromatic nitrogens is 2. The number of benzene rings is 3. The molecule has 5 rings (SSSR count). The third-order valence-electron chi connectivity index (χ3n) is 5.70. The molecule has 0 radical (unpaired) electrons. The summed E-state index contributed by atoms with van der Waals surface area (Å²) in [7, 11) is 1.60. The summed E-state index contributed by atoms with van der Waals surface area (Å²) in [6.45, 7) is 0.355. The summed E-state index contributed by atoms with van der Waals surface area (Å²) in [5.41, 5.74) is 4.27. The van der Waals surface area contributed by atoms with E-state index in [0.717, 1.165) is 33.9 Å². The molecule has 2 amide bonds. The number of ether oxygens (including phenoxy) is 1. The number of para-hydroxylation sites is 2. The Balaban J connectivity index is 1.25. The van der Waals surface area contributed by atoms with E-state index in [1.54, 1.807) is 24.1 Å². The van der Waals surface area contributed by atoms with Gasteiger partial charge in [0.25, 0.3) is 0 Å². The van der Waals surface area contributed by atoms with Crippen LogP contribution in [0.25, 0.3) is 22.4 Å². The van der Waals surface area contributed by atoms with Crippen LogP contribution >= 0.6 is 0 Å². The summed E-state index contributed by atoms with van der Waals surface area (Å²) in [6.07, 6.45) is 0.189. The van der Waals surface area contributed by atoms with Crippen molar-refractivity contribution >= 4 is 34.2 Å². The SMILES string of the molecule is COc1ccc(N2CC(C(=O)Nc3ccc(-c4nc5ccccc5[nH]4)cc3)CC2=O)cc1. The molecule has 2 heterocycles. The molecule has 1 saturated heterocycles. The number of fused-ring (bicyclic) bond motifs is 1. The summed E-state index contributed by atoms with van der Waals surface area (Å²) in [6, 6.07) is 22.6. The van der Waals surface area contributed by atoms with E-state index in [9.17, 15) is 9.59 Å². The summed E-state index contributed by atoms with van der Waals surface area (Å²) in [4.78, 5) is 34.8. The van der Waals surface area contributed by atoms with Gasteiger partial charge in [0.1, 0.15) is 11.6 Å². The summed E-state index contributed by atoms with van der Waals surface area (Å²) < 4.78 is 5.16. The second-order valence-electron chi connectivity index (χ2n) is 7.77. The van der Waals surface area contributed by atoms with Crippen LogP contribution in [-0.4, -0.2) is 35.4 Å². The van der Waals surface area contributed by atoms with Crippen LogP contribution in [0.2, 0.25) is 0 Å². The first-order valence-corrected chi connectivity index (χ1v) is 10.4. The number of nitrogens with one attached hydrogen (secondary N) is 2. The van der Waals surface area contributed by atoms with Crippen molar-refractivity contribution in [3.8, 4) is 17.1 Å². The minimum Gasteiger partial charge on any atom is -0.497 e. The van der Waals surface area contributed by atoms with Gasteiger partial charge in [-0.05, 0) is 60.7 Å². The Morgan fingerprint density at radius 2 is 1.81 bits per heavy atom. The second-order valence-corrected chi connectivity index (χ2v) is 7.77. The average molecular weight is 426 g/mol. The molecule has 1 fully saturated rings. The molecule has 7 heteroatoms. The second kappa shape index (κ2) is 8.19. The number of imidazole rings is 1. The number of hydrogen-bond donors (Lipinski definition) is 2. The van der Waals surface area contributed by atoms with Gasteiger partial charge in [0, 0.05) is 29.9 Å². The van der Waals surface area contributed by atoms with Crippen LogP contribution in [0.15, 0.2) is 72.8 Å². The lowest BCUT2D eigenvalue weighted by Crippen LogP contribution is -2.28. The van der Waals surface area contributed by atoms with E-state index in [1.165, 1.54) is 0 Å². The Morgan fingerprint density at radius 1 is 1.06 bits per heavy atom. The fourth-order valence-corrected chi connectivity index (χ4v) is 3.94. The van der Waals surface area contributed by atoms with Crippen molar-refractivity contribution in [2.24, 2.45) is 5.92 Å². The molecule has 0 spiro atoms. The molecule has 0 bridgehead atoms. The number of carbonyl (C=O) groups is 2. The number of carbonyl (C=O) groups excluding carboxylic acids is 2. The van der Waals surface area contributed by atoms with Gasteiger partial charge in [0.15, 0.2) is 0 Å². The molecular formula is C25H22N4O3. The molecule has 2 N–H and O–H groups in total. The lowest BCUT2D eigenvalue weighted by atomic mass is 10.1. The quantitative estimate of drug-likeness (QED) is 0.500. The number of methoxy groups -OCH3 is 1. The number of amides is 2. The van der Waals surface area contributed by atoms with Crippen LogP contribution < -0.4 is 15.0 Å². The fraction of sp³-hybridized carbons (Fsp3) is 0.160. The van der Waals surface area contributed by atoms with Gasteiger partial charge in [-0.2, -0.15) is 0 Å². The Bertz CT molecular complexity index is 1250. The Labute approximate surface area is 185 Å². The molecule has 32 heavy (non-hydrogen) atoms. The van der Waals surface area contributed by atoms with Gasteiger partial charge in [-0.3, -0.25) is 9.59 Å². The standard InChI is InChI=1S/C25H22N4O3/c1-32-20-12-10-19(11-13-20)29-15-17(14-23(29)30)25(31)26-18-8-6-16(7-9-18)24-27-21-4-2-3-5-22(21)28-24/h2-13,17H,14-15H2,1H3,(H,26,31)(H,27,28). The van der Waals surface area contributed by atoms with Crippen LogP contribution in [0.5, 0.6) is 5.75 Å². The topological polar surface area (TPSA) is 87.3 Å². The third kappa shape index (κ3) is 3.80. The predicted molar refractivity (Wildman–Crippen MR) is 124 cm³/mol. The zero-order valence-electron chi connectivity index (χ0n) is 17.5. The lowest BCUT2D eigenvalue weighted by Gasteiger charge is -2.17. The van der Waals surface area contributed by atoms with Crippen molar-refractivity contribution in [1.29, 1.82) is 0 Å². The molecule has 0 aliphatic carbocycles. The van der Waals surface area contributed by atoms with E-state index in [2.05, 4.69) is 15.3 Å². The highest BCUT2D eigenvalue weighted by atomic mass is 16.5. The molecule has 0 saturated carbocycles. The van der Waals surface area contributed by atoms with Crippen LogP contribution in [0.3, 0.4) is 0 Å². The van der Waals surface area contributed by atoms with Gasteiger partial charge in [0.05, 0.1) is 24.1 Å². The predicted octanol–water partition coefficient (Wildman–Crippen LogP) is 4.23. The number of aromatic amines is 1. The average Bonchev–Trinajstić information content (AvgIpc) is 3.43. The summed E-state index contributed by atoms with van der Waals surface area (Å²) in [5.74, 6) is 0.877. The maximum Gasteiger partial charge on any atom is 0.229 e. The highest BCUT2D eigenvalue weighted by Crippen LogP contribution is 2.28. The molecule has 1 aromatic heterocycles. The lowest BCUT2D eigenvalue weighted by molar-refractivity contribution is -0.122. The molecule has 1 aliphatic heterocycles. The van der Waals surface area contributed by atoms with Gasteiger partial charge < -0.3 is 19.9 Å². The van der Waals surface area contributed by atoms with Gasteiger partial charge in [-0.15, -0.1) is 0 Å². The first-order chi connectivity index (χ1) is 15.6. The summed E-state index contributed by atoms with van der Waals surface area (Å²) >= 11 is 0. The number of rotatable bonds is 5. The van der Waals surface area contributed by atoms with E-state index < -0.39 is 5.92 Å². The molecule has 160 valence electrons. The van der Waals surface area contributed by atoms with Crippen molar-refractivity contribution in [2.45, 2.75) is 6.42 Å². The van der Waals surface area contributed by atoms with Gasteiger partial charge in [0.2, 0.25) is 11.8 Å². The molecule has 7 nitrogen and oxygen atoms in total. The van der Waals surface area contributed by atoms with E-state index >= 15 is 0 Å². The van der Waals surface area contributed by atoms with Crippen molar-refractivity contribution < 1.29 is 14.3 Å². The number of anilines is 2. The number of nitrogens with zero attached hydrogens (tertiary/aromatic N) is 2. The normalized spacial score (nSPS) is 15.8. The Hall–Kier alpha value is -4.13. The minimum absolute atomic E-state index is 0.0597. The fourth-order valence-electron chi connectivity index (χ4n) is 3.94. The van der Waals surface area contributed by atoms with E-state index in [1.807, 2.05) is 60.7 Å². The number of hydrogen-bond acceptors (Lipinski definition) is 4. The van der Waals surface area contributed by atoms with E-state index in [0.29, 0.717) is 12.2 Å². The van der Waals surface area contributed by atoms with Gasteiger partial charge in [-0.1, -0.05) is 12.1 Å². The zero-order valence-corrected chi connectivity index (χ0v) is 17.5. The van der Waals surface area contributed by atoms with E-state index in [-0.39, 0.29) is 18.2 Å². The van der Waals surface area contributed by atoms with Crippen molar-refractivity contribution in [2.75, 3.05) is 23.9 Å². The Morgan fingerprint density at radius 3 is 2.53 bits per heavy atom. The molecule has 3 aromatic carbocycles. The first kappa shape index (κ1) is 19.8. The molecule has 1 atom stereocenters. The third-order valence-corrected chi connectivity index (χ3v) is 5.70. The van der Waals surface area contributed by atoms with Gasteiger partial charge >= 0.3 is 0 Å². The van der Waals surface area contributed by atoms with Crippen LogP contribution in [0.4, 0.5) is 11.4 Å². The van der Waals surface area contributed by atoms with Crippen molar-refractivity contribution in [3.05, 3.63) is 72.8 Å². The molecule has 4 aromatic rings. The van der Waals surface area contributed by atoms with E-state index in [4.69, 9.17) is 4.74 Å². The maximum absolute atomic E-state index is 12.8. The Kier molecular flexibility index (Phi) is 5.07. The monoisotopic (exact) mass is 426 g/mol. The molecule has 1 aliphatic rings. The number of H-pyrrole nitrogens is 1. The first-order valence-electron chi connectivity index (χ1n) is 10.4. The van der Waals surface area contributed by atoms with Crippen molar-refractivity contribution in [3.63, 3.8) is 0 Å². The zero-order chi connectivity index (χ0) is 22.1. The molecular weight excluding hydrogens is 404 g/mol. The summed E-state index contributed by atoms with van der Waals surface area (Å²) in [5, 5.41) is 2.93. The van der Waals surface area contributed by atoms with Gasteiger partial charge in [-0.25, -0.2) is 4.98 Å². The maximum atomic E-state index is 12.8.